The number of hydrogen-bond acceptors (Lipinski definition) is 4. The normalized spacial score (nSPS) is 12.1. The predicted octanol–water partition coefficient (Wildman–Crippen LogP) is 1.45. The topological polar surface area (TPSA) is 81.8 Å². The van der Waals surface area contributed by atoms with Crippen molar-refractivity contribution in [3.8, 4) is 11.5 Å². The van der Waals surface area contributed by atoms with Crippen LogP contribution in [0.5, 0.6) is 11.5 Å². The molecule has 0 saturated carbocycles. The molecule has 5 nitrogen and oxygen atoms in total. The van der Waals surface area contributed by atoms with Gasteiger partial charge in [-0.05, 0) is 25.0 Å². The van der Waals surface area contributed by atoms with Crippen LogP contribution in [0, 0.1) is 13.8 Å². The van der Waals surface area contributed by atoms with E-state index >= 15 is 0 Å². The molecule has 0 heterocycles. The fourth-order valence-corrected chi connectivity index (χ4v) is 2.18. The van der Waals surface area contributed by atoms with Crippen molar-refractivity contribution < 1.29 is 19.4 Å². The molecule has 1 unspecified atom stereocenters. The first kappa shape index (κ1) is 14.3. The molecule has 0 amide bonds. The highest BCUT2D eigenvalue weighted by molar-refractivity contribution is 5.79. The third kappa shape index (κ3) is 2.41. The minimum absolute atomic E-state index is 0.0126. The monoisotopic (exact) mass is 253 g/mol. The van der Waals surface area contributed by atoms with Gasteiger partial charge in [-0.1, -0.05) is 6.07 Å². The first-order valence-corrected chi connectivity index (χ1v) is 5.62. The molecule has 100 valence electrons. The summed E-state index contributed by atoms with van der Waals surface area (Å²) in [5.74, 6) is -0.759. The molecule has 0 bridgehead atoms. The Hall–Kier alpha value is -1.75. The summed E-state index contributed by atoms with van der Waals surface area (Å²) in [4.78, 5) is 11.3. The summed E-state index contributed by atoms with van der Waals surface area (Å²) < 4.78 is 10.6. The SMILES string of the molecule is COc1c(C)cc(C)c(C(CN)C(=O)O)c1OC. The second kappa shape index (κ2) is 5.73. The summed E-state index contributed by atoms with van der Waals surface area (Å²) in [5.41, 5.74) is 7.87. The Morgan fingerprint density at radius 1 is 1.28 bits per heavy atom. The smallest absolute Gasteiger partial charge is 0.312 e. The van der Waals surface area contributed by atoms with Gasteiger partial charge in [0.1, 0.15) is 0 Å². The molecule has 0 fully saturated rings. The number of carboxylic acid groups (broad SMARTS) is 1. The molecule has 0 radical (unpaired) electrons. The van der Waals surface area contributed by atoms with E-state index in [2.05, 4.69) is 0 Å². The maximum atomic E-state index is 11.3. The van der Waals surface area contributed by atoms with Gasteiger partial charge in [0.15, 0.2) is 11.5 Å². The predicted molar refractivity (Wildman–Crippen MR) is 68.5 cm³/mol. The van der Waals surface area contributed by atoms with E-state index in [9.17, 15) is 9.90 Å². The largest absolute Gasteiger partial charge is 0.493 e. The van der Waals surface area contributed by atoms with Crippen LogP contribution in [-0.2, 0) is 4.79 Å². The maximum Gasteiger partial charge on any atom is 0.312 e. The average molecular weight is 253 g/mol. The van der Waals surface area contributed by atoms with Crippen LogP contribution >= 0.6 is 0 Å². The number of carbonyl (C=O) groups is 1. The molecule has 5 heteroatoms. The van der Waals surface area contributed by atoms with Crippen LogP contribution in [0.1, 0.15) is 22.6 Å². The lowest BCUT2D eigenvalue weighted by atomic mass is 9.91. The minimum atomic E-state index is -0.968. The zero-order valence-electron chi connectivity index (χ0n) is 11.1. The fraction of sp³-hybridized carbons (Fsp3) is 0.462. The lowest BCUT2D eigenvalue weighted by molar-refractivity contribution is -0.138. The van der Waals surface area contributed by atoms with Crippen molar-refractivity contribution in [2.75, 3.05) is 20.8 Å². The van der Waals surface area contributed by atoms with Crippen molar-refractivity contribution in [2.45, 2.75) is 19.8 Å². The molecule has 1 aromatic carbocycles. The van der Waals surface area contributed by atoms with Crippen LogP contribution in [0.15, 0.2) is 6.07 Å². The summed E-state index contributed by atoms with van der Waals surface area (Å²) >= 11 is 0. The van der Waals surface area contributed by atoms with Crippen molar-refractivity contribution in [1.82, 2.24) is 0 Å². The molecule has 1 rings (SSSR count). The van der Waals surface area contributed by atoms with Gasteiger partial charge >= 0.3 is 5.97 Å². The van der Waals surface area contributed by atoms with Crippen LogP contribution < -0.4 is 15.2 Å². The van der Waals surface area contributed by atoms with Crippen molar-refractivity contribution in [1.29, 1.82) is 0 Å². The Bertz CT molecular complexity index is 457. The lowest BCUT2D eigenvalue weighted by Gasteiger charge is -2.21. The molecule has 0 aromatic heterocycles. The standard InChI is InChI=1S/C13H19NO4/c1-7-5-8(2)11(17-3)12(18-4)10(7)9(6-14)13(15)16/h5,9H,6,14H2,1-4H3,(H,15,16). The molecule has 18 heavy (non-hydrogen) atoms. The van der Waals surface area contributed by atoms with Gasteiger partial charge in [-0.15, -0.1) is 0 Å². The fourth-order valence-electron chi connectivity index (χ4n) is 2.18. The van der Waals surface area contributed by atoms with Crippen LogP contribution in [0.2, 0.25) is 0 Å². The molecule has 0 aliphatic carbocycles. The highest BCUT2D eigenvalue weighted by Gasteiger charge is 2.27. The second-order valence-corrected chi connectivity index (χ2v) is 4.12. The van der Waals surface area contributed by atoms with Crippen molar-refractivity contribution in [2.24, 2.45) is 5.73 Å². The summed E-state index contributed by atoms with van der Waals surface area (Å²) in [5, 5.41) is 9.23. The molecule has 1 aromatic rings. The van der Waals surface area contributed by atoms with E-state index in [0.717, 1.165) is 11.1 Å². The van der Waals surface area contributed by atoms with Crippen molar-refractivity contribution >= 4 is 5.97 Å². The van der Waals surface area contributed by atoms with Gasteiger partial charge in [-0.25, -0.2) is 0 Å². The zero-order chi connectivity index (χ0) is 13.9. The van der Waals surface area contributed by atoms with Crippen LogP contribution in [0.3, 0.4) is 0 Å². The van der Waals surface area contributed by atoms with Gasteiger partial charge < -0.3 is 20.3 Å². The molecule has 0 aliphatic heterocycles. The van der Waals surface area contributed by atoms with Gasteiger partial charge in [0.05, 0.1) is 20.1 Å². The number of methoxy groups -OCH3 is 2. The van der Waals surface area contributed by atoms with E-state index in [-0.39, 0.29) is 6.54 Å². The summed E-state index contributed by atoms with van der Waals surface area (Å²) in [6.45, 7) is 3.74. The molecular formula is C13H19NO4. The van der Waals surface area contributed by atoms with E-state index < -0.39 is 11.9 Å². The van der Waals surface area contributed by atoms with Gasteiger partial charge in [0.25, 0.3) is 0 Å². The molecular weight excluding hydrogens is 234 g/mol. The Balaban J connectivity index is 3.55. The number of aliphatic carboxylic acids is 1. The van der Waals surface area contributed by atoms with E-state index in [4.69, 9.17) is 15.2 Å². The van der Waals surface area contributed by atoms with Gasteiger partial charge in [0, 0.05) is 12.1 Å². The number of hydrogen-bond donors (Lipinski definition) is 2. The number of ether oxygens (including phenoxy) is 2. The lowest BCUT2D eigenvalue weighted by Crippen LogP contribution is -2.23. The van der Waals surface area contributed by atoms with Gasteiger partial charge in [-0.3, -0.25) is 4.79 Å². The Labute approximate surface area is 107 Å². The van der Waals surface area contributed by atoms with Gasteiger partial charge in [-0.2, -0.15) is 0 Å². The Morgan fingerprint density at radius 3 is 2.22 bits per heavy atom. The quantitative estimate of drug-likeness (QED) is 0.830. The number of benzene rings is 1. The third-order valence-corrected chi connectivity index (χ3v) is 2.96. The van der Waals surface area contributed by atoms with E-state index in [1.165, 1.54) is 14.2 Å². The first-order valence-electron chi connectivity index (χ1n) is 5.62. The molecule has 0 aliphatic rings. The highest BCUT2D eigenvalue weighted by atomic mass is 16.5. The van der Waals surface area contributed by atoms with E-state index in [1.54, 1.807) is 0 Å². The van der Waals surface area contributed by atoms with Crippen LogP contribution in [-0.4, -0.2) is 31.8 Å². The average Bonchev–Trinajstić information content (AvgIpc) is 2.31. The Morgan fingerprint density at radius 2 is 1.83 bits per heavy atom. The van der Waals surface area contributed by atoms with Gasteiger partial charge in [0.2, 0.25) is 0 Å². The van der Waals surface area contributed by atoms with Crippen molar-refractivity contribution in [3.63, 3.8) is 0 Å². The number of rotatable bonds is 5. The highest BCUT2D eigenvalue weighted by Crippen LogP contribution is 2.40. The Kier molecular flexibility index (Phi) is 4.55. The van der Waals surface area contributed by atoms with Crippen molar-refractivity contribution in [3.05, 3.63) is 22.8 Å². The second-order valence-electron chi connectivity index (χ2n) is 4.12. The molecule has 1 atom stereocenters. The maximum absolute atomic E-state index is 11.3. The summed E-state index contributed by atoms with van der Waals surface area (Å²) in [6, 6.07) is 1.88. The van der Waals surface area contributed by atoms with Crippen LogP contribution in [0.4, 0.5) is 0 Å². The summed E-state index contributed by atoms with van der Waals surface area (Å²) in [6.07, 6.45) is 0. The molecule has 0 saturated heterocycles. The molecule has 3 N–H and O–H groups in total. The number of aryl methyl sites for hydroxylation is 2. The third-order valence-electron chi connectivity index (χ3n) is 2.96. The van der Waals surface area contributed by atoms with E-state index in [1.807, 2.05) is 19.9 Å². The molecule has 0 spiro atoms. The zero-order valence-corrected chi connectivity index (χ0v) is 11.1. The summed E-state index contributed by atoms with van der Waals surface area (Å²) in [7, 11) is 3.03. The first-order chi connectivity index (χ1) is 8.47. The number of carboxylic acids is 1. The van der Waals surface area contributed by atoms with E-state index in [0.29, 0.717) is 17.1 Å². The minimum Gasteiger partial charge on any atom is -0.493 e. The number of nitrogens with two attached hydrogens (primary N) is 1. The van der Waals surface area contributed by atoms with Crippen LogP contribution in [0.25, 0.3) is 0 Å².